The van der Waals surface area contributed by atoms with E-state index in [4.69, 9.17) is 25.9 Å². The van der Waals surface area contributed by atoms with Gasteiger partial charge in [-0.2, -0.15) is 5.26 Å². The largest absolute Gasteiger partial charge is 0.444 e. The Balaban J connectivity index is 1.71. The van der Waals surface area contributed by atoms with E-state index in [2.05, 4.69) is 15.5 Å². The van der Waals surface area contributed by atoms with Gasteiger partial charge in [0, 0.05) is 18.0 Å². The molecule has 3 heterocycles. The summed E-state index contributed by atoms with van der Waals surface area (Å²) in [5.74, 6) is -1.15. The van der Waals surface area contributed by atoms with E-state index in [0.29, 0.717) is 5.82 Å². The summed E-state index contributed by atoms with van der Waals surface area (Å²) < 4.78 is 43.6. The van der Waals surface area contributed by atoms with Gasteiger partial charge in [-0.25, -0.2) is 18.4 Å². The highest BCUT2D eigenvalue weighted by Crippen LogP contribution is 2.49. The van der Waals surface area contributed by atoms with Crippen LogP contribution in [-0.2, 0) is 23.1 Å². The molecule has 0 unspecified atom stereocenters. The van der Waals surface area contributed by atoms with Crippen LogP contribution in [0.4, 0.5) is 23.4 Å². The zero-order valence-corrected chi connectivity index (χ0v) is 26.3. The molecule has 0 spiro atoms. The van der Waals surface area contributed by atoms with Gasteiger partial charge in [0.1, 0.15) is 40.5 Å². The van der Waals surface area contributed by atoms with Crippen molar-refractivity contribution in [2.24, 2.45) is 7.05 Å². The second kappa shape index (κ2) is 10.9. The predicted molar refractivity (Wildman–Crippen MR) is 159 cm³/mol. The third-order valence-electron chi connectivity index (χ3n) is 6.25. The van der Waals surface area contributed by atoms with Crippen LogP contribution in [-0.4, -0.2) is 43.2 Å². The maximum Gasteiger partial charge on any atom is 0.444 e. The van der Waals surface area contributed by atoms with Crippen LogP contribution in [0.3, 0.4) is 0 Å². The molecule has 1 N–H and O–H groups in total. The number of nitriles is 1. The number of nitrogens with zero attached hydrogens (tertiary/aromatic N) is 5. The number of rotatable bonds is 2. The summed E-state index contributed by atoms with van der Waals surface area (Å²) in [6.45, 7) is 9.87. The second-order valence-corrected chi connectivity index (χ2v) is 13.3. The quantitative estimate of drug-likeness (QED) is 0.236. The molecule has 0 saturated carbocycles. The molecule has 5 rings (SSSR count). The van der Waals surface area contributed by atoms with Crippen LogP contribution in [0.5, 0.6) is 5.75 Å². The normalized spacial score (nSPS) is 13.0. The van der Waals surface area contributed by atoms with E-state index in [9.17, 15) is 14.9 Å². The molecule has 0 saturated heterocycles. The number of hydrogen-bond acceptors (Lipinski definition) is 9. The number of thiophene rings is 1. The van der Waals surface area contributed by atoms with Crippen LogP contribution in [0.2, 0.25) is 5.02 Å². The fourth-order valence-corrected chi connectivity index (χ4v) is 5.89. The van der Waals surface area contributed by atoms with Gasteiger partial charge in [-0.3, -0.25) is 5.32 Å². The Kier molecular flexibility index (Phi) is 7.67. The topological polar surface area (TPSA) is 132 Å². The van der Waals surface area contributed by atoms with Crippen molar-refractivity contribution in [3.63, 3.8) is 0 Å². The van der Waals surface area contributed by atoms with Gasteiger partial charge in [0.25, 0.3) is 0 Å². The van der Waals surface area contributed by atoms with E-state index < -0.39 is 35.0 Å². The Bertz CT molecular complexity index is 1890. The first-order valence-corrected chi connectivity index (χ1v) is 14.4. The summed E-state index contributed by atoms with van der Waals surface area (Å²) in [5, 5.41) is 21.5. The second-order valence-electron chi connectivity index (χ2n) is 11.9. The Hall–Kier alpha value is -4.48. The lowest BCUT2D eigenvalue weighted by atomic mass is 9.96. The highest BCUT2D eigenvalue weighted by molar-refractivity contribution is 7.23. The summed E-state index contributed by atoms with van der Waals surface area (Å²) in [6, 6.07) is 5.46. The van der Waals surface area contributed by atoms with E-state index in [1.54, 1.807) is 53.2 Å². The Morgan fingerprint density at radius 1 is 1.09 bits per heavy atom. The summed E-state index contributed by atoms with van der Waals surface area (Å²) in [5.41, 5.74) is -1.93. The molecule has 2 amide bonds. The smallest absolute Gasteiger partial charge is 0.444 e. The van der Waals surface area contributed by atoms with Gasteiger partial charge >= 0.3 is 12.2 Å². The van der Waals surface area contributed by atoms with E-state index in [-0.39, 0.29) is 60.5 Å². The Labute approximate surface area is 259 Å². The minimum Gasteiger partial charge on any atom is -0.444 e. The van der Waals surface area contributed by atoms with Gasteiger partial charge in [0.15, 0.2) is 17.4 Å². The van der Waals surface area contributed by atoms with Crippen molar-refractivity contribution in [2.45, 2.75) is 59.3 Å². The molecule has 2 bridgehead atoms. The van der Waals surface area contributed by atoms with E-state index in [0.717, 1.165) is 28.5 Å². The molecule has 1 aliphatic rings. The summed E-state index contributed by atoms with van der Waals surface area (Å²) in [6.07, 6.45) is -1.71. The maximum atomic E-state index is 16.1. The lowest BCUT2D eigenvalue weighted by Crippen LogP contribution is -2.39. The predicted octanol–water partition coefficient (Wildman–Crippen LogP) is 7.56. The molecule has 1 aliphatic heterocycles. The van der Waals surface area contributed by atoms with Crippen LogP contribution in [0.25, 0.3) is 32.6 Å². The van der Waals surface area contributed by atoms with Gasteiger partial charge < -0.3 is 18.9 Å². The van der Waals surface area contributed by atoms with Crippen molar-refractivity contribution in [1.29, 1.82) is 5.26 Å². The molecule has 0 fully saturated rings. The summed E-state index contributed by atoms with van der Waals surface area (Å²) in [4.78, 5) is 31.6. The summed E-state index contributed by atoms with van der Waals surface area (Å²) in [7, 11) is 1.64. The molecule has 11 nitrogen and oxygen atoms in total. The standard InChI is InChI=1S/C29H27ClF2N6O5S/c1-28(2,3)41-26(39)34-25-15(11-33)19-13(8-9-16(31)23(19)44-25)20-17(32)10-14-22(21(20)30)43-38(27(40)42-29(4,5)6)12-18-35-36-24(14)37(18)7/h8-10H,12H2,1-7H3,(H,34,39). The van der Waals surface area contributed by atoms with Crippen molar-refractivity contribution in [1.82, 2.24) is 19.8 Å². The molecule has 15 heteroatoms. The monoisotopic (exact) mass is 644 g/mol. The fourth-order valence-electron chi connectivity index (χ4n) is 4.49. The van der Waals surface area contributed by atoms with Crippen molar-refractivity contribution in [3.8, 4) is 34.3 Å². The lowest BCUT2D eigenvalue weighted by molar-refractivity contribution is -0.0795. The fraction of sp³-hybridized carbons (Fsp3) is 0.345. The van der Waals surface area contributed by atoms with Gasteiger partial charge in [-0.15, -0.1) is 26.6 Å². The van der Waals surface area contributed by atoms with Gasteiger partial charge in [0.05, 0.1) is 20.8 Å². The number of ether oxygens (including phenoxy) is 2. The minimum atomic E-state index is -0.869. The number of halogens is 3. The molecule has 4 aromatic rings. The van der Waals surface area contributed by atoms with Gasteiger partial charge in [-0.1, -0.05) is 17.7 Å². The van der Waals surface area contributed by atoms with Crippen LogP contribution in [0.1, 0.15) is 52.9 Å². The van der Waals surface area contributed by atoms with Crippen LogP contribution in [0.15, 0.2) is 18.2 Å². The van der Waals surface area contributed by atoms with E-state index >= 15 is 8.78 Å². The van der Waals surface area contributed by atoms with Crippen LogP contribution < -0.4 is 10.2 Å². The first kappa shape index (κ1) is 31.0. The number of amides is 2. The Morgan fingerprint density at radius 2 is 1.77 bits per heavy atom. The number of benzene rings is 2. The number of aromatic nitrogens is 3. The first-order chi connectivity index (χ1) is 20.5. The Morgan fingerprint density at radius 3 is 2.41 bits per heavy atom. The van der Waals surface area contributed by atoms with Crippen molar-refractivity contribution >= 4 is 50.2 Å². The number of carbonyl (C=O) groups is 2. The number of nitrogens with one attached hydrogen (secondary N) is 1. The number of fused-ring (bicyclic) bond motifs is 5. The molecule has 2 aromatic heterocycles. The SMILES string of the molecule is Cn1c2nnc1-c1cc(F)c(-c3ccc(F)c4sc(NC(=O)OC(C)(C)C)c(C#N)c34)c(Cl)c1ON(C(=O)OC(C)(C)C)C2. The highest BCUT2D eigenvalue weighted by atomic mass is 35.5. The average Bonchev–Trinajstić information content (AvgIpc) is 3.45. The van der Waals surface area contributed by atoms with Gasteiger partial charge in [-0.05, 0) is 59.2 Å². The van der Waals surface area contributed by atoms with E-state index in [1.165, 1.54) is 6.07 Å². The number of hydroxylamine groups is 2. The van der Waals surface area contributed by atoms with Gasteiger partial charge in [0.2, 0.25) is 0 Å². The third kappa shape index (κ3) is 5.72. The average molecular weight is 645 g/mol. The molecule has 0 atom stereocenters. The molecule has 2 aromatic carbocycles. The first-order valence-electron chi connectivity index (χ1n) is 13.2. The molecular weight excluding hydrogens is 618 g/mol. The molecule has 0 radical (unpaired) electrons. The molecule has 230 valence electrons. The maximum absolute atomic E-state index is 16.1. The molecular formula is C29H27ClF2N6O5S. The van der Waals surface area contributed by atoms with Crippen molar-refractivity contribution < 1.29 is 32.7 Å². The number of hydrogen-bond donors (Lipinski definition) is 1. The van der Waals surface area contributed by atoms with Crippen LogP contribution in [0, 0.1) is 23.0 Å². The van der Waals surface area contributed by atoms with Crippen molar-refractivity contribution in [2.75, 3.05) is 5.32 Å². The highest BCUT2D eigenvalue weighted by Gasteiger charge is 2.34. The number of carbonyl (C=O) groups excluding carboxylic acids is 2. The van der Waals surface area contributed by atoms with Crippen LogP contribution >= 0.6 is 22.9 Å². The van der Waals surface area contributed by atoms with E-state index in [1.807, 2.05) is 6.07 Å². The summed E-state index contributed by atoms with van der Waals surface area (Å²) >= 11 is 7.65. The lowest BCUT2D eigenvalue weighted by Gasteiger charge is -2.29. The number of anilines is 1. The minimum absolute atomic E-state index is 0.00448. The van der Waals surface area contributed by atoms with Crippen molar-refractivity contribution in [3.05, 3.63) is 46.2 Å². The molecule has 0 aliphatic carbocycles. The molecule has 44 heavy (non-hydrogen) atoms. The third-order valence-corrected chi connectivity index (χ3v) is 7.72. The zero-order chi connectivity index (χ0) is 32.3. The zero-order valence-electron chi connectivity index (χ0n) is 24.8.